The summed E-state index contributed by atoms with van der Waals surface area (Å²) in [6.45, 7) is 0. The summed E-state index contributed by atoms with van der Waals surface area (Å²) < 4.78 is 6.04. The molecule has 0 spiro atoms. The van der Waals surface area contributed by atoms with Crippen molar-refractivity contribution in [1.82, 2.24) is 4.98 Å². The maximum atomic E-state index is 12.8. The largest absolute Gasteiger partial charge is 0.490 e. The molecule has 8 heteroatoms. The van der Waals surface area contributed by atoms with Crippen LogP contribution in [0.2, 0.25) is 0 Å². The molecule has 3 aromatic carbocycles. The van der Waals surface area contributed by atoms with Crippen LogP contribution in [-0.2, 0) is 0 Å². The van der Waals surface area contributed by atoms with Crippen molar-refractivity contribution in [3.63, 3.8) is 0 Å². The molecule has 0 aliphatic carbocycles. The van der Waals surface area contributed by atoms with E-state index in [0.29, 0.717) is 5.69 Å². The Kier molecular flexibility index (Phi) is 4.92. The number of hydrogen-bond donors (Lipinski definition) is 1. The zero-order valence-corrected chi connectivity index (χ0v) is 16.1. The molecule has 4 rings (SSSR count). The lowest BCUT2D eigenvalue weighted by molar-refractivity contribution is -0.385. The Morgan fingerprint density at radius 3 is 2.62 bits per heavy atom. The van der Waals surface area contributed by atoms with Gasteiger partial charge in [-0.25, -0.2) is 4.98 Å². The summed E-state index contributed by atoms with van der Waals surface area (Å²) in [6.07, 6.45) is 0. The standard InChI is InChI=1S/C21H15N3O4S/c1-28-18-11-10-13(12-17(18)24(26)27)20(25)22-15-7-3-2-6-14(15)21-23-16-8-4-5-9-19(16)29-21/h2-12H,1H3,(H,22,25). The quantitative estimate of drug-likeness (QED) is 0.367. The number of nitro benzene ring substituents is 1. The van der Waals surface area contributed by atoms with Crippen LogP contribution in [0.3, 0.4) is 0 Å². The van der Waals surface area contributed by atoms with Crippen LogP contribution in [-0.4, -0.2) is 22.9 Å². The summed E-state index contributed by atoms with van der Waals surface area (Å²) in [7, 11) is 1.34. The minimum absolute atomic E-state index is 0.0985. The first kappa shape index (κ1) is 18.6. The summed E-state index contributed by atoms with van der Waals surface area (Å²) >= 11 is 1.53. The normalized spacial score (nSPS) is 10.7. The summed E-state index contributed by atoms with van der Waals surface area (Å²) in [4.78, 5) is 28.0. The highest BCUT2D eigenvalue weighted by atomic mass is 32.1. The highest BCUT2D eigenvalue weighted by Crippen LogP contribution is 2.35. The Bertz CT molecular complexity index is 1200. The van der Waals surface area contributed by atoms with Crippen LogP contribution in [0.25, 0.3) is 20.8 Å². The highest BCUT2D eigenvalue weighted by molar-refractivity contribution is 7.21. The topological polar surface area (TPSA) is 94.4 Å². The first-order valence-corrected chi connectivity index (χ1v) is 9.47. The lowest BCUT2D eigenvalue weighted by atomic mass is 10.1. The zero-order chi connectivity index (χ0) is 20.4. The predicted octanol–water partition coefficient (Wildman–Crippen LogP) is 5.13. The third kappa shape index (κ3) is 3.65. The second kappa shape index (κ2) is 7.69. The second-order valence-electron chi connectivity index (χ2n) is 6.13. The van der Waals surface area contributed by atoms with Gasteiger partial charge in [0.2, 0.25) is 0 Å². The van der Waals surface area contributed by atoms with Gasteiger partial charge in [0.15, 0.2) is 5.75 Å². The smallest absolute Gasteiger partial charge is 0.311 e. The number of fused-ring (bicyclic) bond motifs is 1. The van der Waals surface area contributed by atoms with Crippen LogP contribution in [0.15, 0.2) is 66.7 Å². The molecule has 4 aromatic rings. The summed E-state index contributed by atoms with van der Waals surface area (Å²) in [5.74, 6) is -0.356. The van der Waals surface area contributed by atoms with Crippen molar-refractivity contribution >= 4 is 38.8 Å². The number of nitrogens with one attached hydrogen (secondary N) is 1. The van der Waals surface area contributed by atoms with Gasteiger partial charge < -0.3 is 10.1 Å². The SMILES string of the molecule is COc1ccc(C(=O)Nc2ccccc2-c2nc3ccccc3s2)cc1[N+](=O)[O-]. The zero-order valence-electron chi connectivity index (χ0n) is 15.3. The van der Waals surface area contributed by atoms with Crippen molar-refractivity contribution in [1.29, 1.82) is 0 Å². The van der Waals surface area contributed by atoms with E-state index in [1.807, 2.05) is 42.5 Å². The van der Waals surface area contributed by atoms with Crippen molar-refractivity contribution in [2.24, 2.45) is 0 Å². The number of hydrogen-bond acceptors (Lipinski definition) is 6. The Morgan fingerprint density at radius 1 is 1.10 bits per heavy atom. The lowest BCUT2D eigenvalue weighted by Crippen LogP contribution is -2.13. The fourth-order valence-corrected chi connectivity index (χ4v) is 3.94. The molecule has 29 heavy (non-hydrogen) atoms. The Labute approximate surface area is 169 Å². The van der Waals surface area contributed by atoms with E-state index in [0.717, 1.165) is 20.8 Å². The summed E-state index contributed by atoms with van der Waals surface area (Å²) in [6, 6.07) is 19.2. The lowest BCUT2D eigenvalue weighted by Gasteiger charge is -2.10. The average molecular weight is 405 g/mol. The van der Waals surface area contributed by atoms with Gasteiger partial charge in [0, 0.05) is 17.2 Å². The van der Waals surface area contributed by atoms with Gasteiger partial charge in [-0.1, -0.05) is 24.3 Å². The number of thiazole rings is 1. The van der Waals surface area contributed by atoms with Gasteiger partial charge in [-0.15, -0.1) is 11.3 Å². The van der Waals surface area contributed by atoms with Crippen molar-refractivity contribution in [2.75, 3.05) is 12.4 Å². The van der Waals surface area contributed by atoms with Crippen LogP contribution in [0, 0.1) is 10.1 Å². The number of rotatable bonds is 5. The number of amides is 1. The molecule has 0 saturated heterocycles. The Hall–Kier alpha value is -3.78. The van der Waals surface area contributed by atoms with Gasteiger partial charge in [0.05, 0.1) is 27.9 Å². The average Bonchev–Trinajstić information content (AvgIpc) is 3.17. The van der Waals surface area contributed by atoms with Gasteiger partial charge in [0.1, 0.15) is 5.01 Å². The van der Waals surface area contributed by atoms with Crippen molar-refractivity contribution in [3.05, 3.63) is 82.4 Å². The Morgan fingerprint density at radius 2 is 1.86 bits per heavy atom. The third-order valence-corrected chi connectivity index (χ3v) is 5.41. The molecule has 1 heterocycles. The van der Waals surface area contributed by atoms with Crippen LogP contribution in [0.1, 0.15) is 10.4 Å². The van der Waals surface area contributed by atoms with E-state index >= 15 is 0 Å². The van der Waals surface area contributed by atoms with E-state index in [1.54, 1.807) is 6.07 Å². The minimum Gasteiger partial charge on any atom is -0.490 e. The van der Waals surface area contributed by atoms with E-state index in [9.17, 15) is 14.9 Å². The summed E-state index contributed by atoms with van der Waals surface area (Å²) in [5.41, 5.74) is 2.15. The van der Waals surface area contributed by atoms with Gasteiger partial charge in [0.25, 0.3) is 5.91 Å². The molecule has 1 aromatic heterocycles. The number of benzene rings is 3. The molecule has 1 N–H and O–H groups in total. The van der Waals surface area contributed by atoms with Gasteiger partial charge in [-0.2, -0.15) is 0 Å². The first-order valence-electron chi connectivity index (χ1n) is 8.65. The maximum absolute atomic E-state index is 12.8. The number of nitrogens with zero attached hydrogens (tertiary/aromatic N) is 2. The van der Waals surface area contributed by atoms with E-state index < -0.39 is 10.8 Å². The van der Waals surface area contributed by atoms with Crippen LogP contribution < -0.4 is 10.1 Å². The molecule has 144 valence electrons. The number of nitro groups is 1. The number of carbonyl (C=O) groups is 1. The van der Waals surface area contributed by atoms with Gasteiger partial charge in [-0.3, -0.25) is 14.9 Å². The third-order valence-electron chi connectivity index (χ3n) is 4.34. The number of ether oxygens (including phenoxy) is 1. The molecule has 0 saturated carbocycles. The van der Waals surface area contributed by atoms with E-state index in [4.69, 9.17) is 4.74 Å². The molecule has 0 fully saturated rings. The van der Waals surface area contributed by atoms with Crippen LogP contribution >= 0.6 is 11.3 Å². The molecule has 1 amide bonds. The number of methoxy groups -OCH3 is 1. The van der Waals surface area contributed by atoms with E-state index in [1.165, 1.54) is 36.6 Å². The van der Waals surface area contributed by atoms with Gasteiger partial charge in [-0.05, 0) is 36.4 Å². The molecule has 0 aliphatic rings. The molecule has 0 radical (unpaired) electrons. The fraction of sp³-hybridized carbons (Fsp3) is 0.0476. The molecular weight excluding hydrogens is 390 g/mol. The number of carbonyl (C=O) groups excluding carboxylic acids is 1. The summed E-state index contributed by atoms with van der Waals surface area (Å²) in [5, 5.41) is 14.8. The van der Waals surface area contributed by atoms with Crippen molar-refractivity contribution in [3.8, 4) is 16.3 Å². The number of aromatic nitrogens is 1. The second-order valence-corrected chi connectivity index (χ2v) is 7.16. The molecule has 0 unspecified atom stereocenters. The van der Waals surface area contributed by atoms with Crippen molar-refractivity contribution < 1.29 is 14.5 Å². The molecule has 0 bridgehead atoms. The van der Waals surface area contributed by atoms with E-state index in [2.05, 4.69) is 10.3 Å². The molecular formula is C21H15N3O4S. The van der Waals surface area contributed by atoms with Crippen LogP contribution in [0.4, 0.5) is 11.4 Å². The monoisotopic (exact) mass is 405 g/mol. The minimum atomic E-state index is -0.579. The number of anilines is 1. The fourth-order valence-electron chi connectivity index (χ4n) is 2.93. The predicted molar refractivity (Wildman–Crippen MR) is 113 cm³/mol. The van der Waals surface area contributed by atoms with Gasteiger partial charge >= 0.3 is 5.69 Å². The van der Waals surface area contributed by atoms with Crippen LogP contribution in [0.5, 0.6) is 5.75 Å². The highest BCUT2D eigenvalue weighted by Gasteiger charge is 2.19. The first-order chi connectivity index (χ1) is 14.1. The number of para-hydroxylation sites is 2. The molecule has 0 aliphatic heterocycles. The Balaban J connectivity index is 1.68. The maximum Gasteiger partial charge on any atom is 0.311 e. The molecule has 0 atom stereocenters. The van der Waals surface area contributed by atoms with E-state index in [-0.39, 0.29) is 17.0 Å². The van der Waals surface area contributed by atoms with Crippen molar-refractivity contribution in [2.45, 2.75) is 0 Å². The molecule has 7 nitrogen and oxygen atoms in total.